The predicted molar refractivity (Wildman–Crippen MR) is 122 cm³/mol. The monoisotopic (exact) mass is 419 g/mol. The number of ether oxygens (including phenoxy) is 1. The van der Waals surface area contributed by atoms with E-state index in [1.807, 2.05) is 50.1 Å². The molecule has 4 aromatic rings. The number of pyridine rings is 2. The summed E-state index contributed by atoms with van der Waals surface area (Å²) in [5.74, 6) is 0.583. The van der Waals surface area contributed by atoms with Crippen molar-refractivity contribution in [1.82, 2.24) is 29.3 Å². The van der Waals surface area contributed by atoms with Crippen molar-refractivity contribution in [2.24, 2.45) is 7.05 Å². The zero-order valence-electron chi connectivity index (χ0n) is 18.8. The van der Waals surface area contributed by atoms with E-state index in [-0.39, 0.29) is 6.04 Å². The van der Waals surface area contributed by atoms with Gasteiger partial charge in [0.15, 0.2) is 0 Å². The highest BCUT2D eigenvalue weighted by Crippen LogP contribution is 2.35. The molecule has 0 saturated carbocycles. The third-order valence-corrected chi connectivity index (χ3v) is 5.38. The van der Waals surface area contributed by atoms with Gasteiger partial charge < -0.3 is 14.6 Å². The Labute approximate surface area is 182 Å². The van der Waals surface area contributed by atoms with E-state index in [1.54, 1.807) is 6.20 Å². The molecule has 0 bridgehead atoms. The van der Waals surface area contributed by atoms with E-state index >= 15 is 0 Å². The van der Waals surface area contributed by atoms with Crippen molar-refractivity contribution in [3.05, 3.63) is 48.3 Å². The molecule has 0 unspecified atom stereocenters. The lowest BCUT2D eigenvalue weighted by Gasteiger charge is -2.16. The van der Waals surface area contributed by atoms with Gasteiger partial charge in [-0.3, -0.25) is 4.68 Å². The maximum absolute atomic E-state index is 5.76. The molecule has 4 rings (SSSR count). The highest BCUT2D eigenvalue weighted by Gasteiger charge is 2.20. The second-order valence-electron chi connectivity index (χ2n) is 7.71. The van der Waals surface area contributed by atoms with Crippen molar-refractivity contribution in [2.45, 2.75) is 46.7 Å². The Morgan fingerprint density at radius 1 is 1.23 bits per heavy atom. The van der Waals surface area contributed by atoms with Crippen LogP contribution in [-0.4, -0.2) is 35.9 Å². The average molecular weight is 420 g/mol. The molecular formula is C23H29N7O. The lowest BCUT2D eigenvalue weighted by molar-refractivity contribution is 0.328. The van der Waals surface area contributed by atoms with Gasteiger partial charge in [0.2, 0.25) is 5.88 Å². The number of fused-ring (bicyclic) bond motifs is 1. The van der Waals surface area contributed by atoms with Gasteiger partial charge in [-0.15, -0.1) is 0 Å². The van der Waals surface area contributed by atoms with Crippen molar-refractivity contribution in [3.8, 4) is 17.1 Å². The Balaban J connectivity index is 1.87. The van der Waals surface area contributed by atoms with Crippen molar-refractivity contribution >= 4 is 16.7 Å². The lowest BCUT2D eigenvalue weighted by atomic mass is 10.1. The first-order valence-electron chi connectivity index (χ1n) is 10.7. The van der Waals surface area contributed by atoms with Crippen LogP contribution in [0.4, 0.5) is 5.69 Å². The lowest BCUT2D eigenvalue weighted by Crippen LogP contribution is -2.09. The van der Waals surface area contributed by atoms with Crippen molar-refractivity contribution in [1.29, 1.82) is 0 Å². The molecule has 8 heteroatoms. The molecule has 31 heavy (non-hydrogen) atoms. The number of hydrogen-bond donors (Lipinski definition) is 1. The minimum absolute atomic E-state index is 0.261. The van der Waals surface area contributed by atoms with E-state index in [4.69, 9.17) is 14.8 Å². The van der Waals surface area contributed by atoms with Crippen LogP contribution in [0, 0.1) is 6.92 Å². The smallest absolute Gasteiger partial charge is 0.222 e. The summed E-state index contributed by atoms with van der Waals surface area (Å²) < 4.78 is 9.79. The van der Waals surface area contributed by atoms with Gasteiger partial charge in [-0.25, -0.2) is 15.0 Å². The molecule has 0 radical (unpaired) electrons. The van der Waals surface area contributed by atoms with Gasteiger partial charge >= 0.3 is 0 Å². The molecule has 0 fully saturated rings. The average Bonchev–Trinajstić information content (AvgIpc) is 3.35. The number of anilines is 1. The predicted octanol–water partition coefficient (Wildman–Crippen LogP) is 4.52. The first kappa shape index (κ1) is 20.8. The highest BCUT2D eigenvalue weighted by molar-refractivity contribution is 5.93. The summed E-state index contributed by atoms with van der Waals surface area (Å²) in [6.45, 7) is 9.46. The molecule has 4 heterocycles. The van der Waals surface area contributed by atoms with Crippen LogP contribution in [0.3, 0.4) is 0 Å². The molecular weight excluding hydrogens is 390 g/mol. The Bertz CT molecular complexity index is 1190. The van der Waals surface area contributed by atoms with Gasteiger partial charge in [0.05, 0.1) is 47.8 Å². The molecule has 1 atom stereocenters. The SMILES string of the molecule is CCOc1ncccc1-c1cc(NCc2cn(C)cn2)c2c(n1)c(C)nn2[C@H](C)CC. The van der Waals surface area contributed by atoms with E-state index in [9.17, 15) is 0 Å². The number of aromatic nitrogens is 6. The molecule has 0 aromatic carbocycles. The minimum atomic E-state index is 0.261. The number of nitrogens with one attached hydrogen (secondary N) is 1. The second kappa shape index (κ2) is 8.75. The highest BCUT2D eigenvalue weighted by atomic mass is 16.5. The van der Waals surface area contributed by atoms with Gasteiger partial charge in [0, 0.05) is 25.5 Å². The van der Waals surface area contributed by atoms with Crippen LogP contribution in [0.2, 0.25) is 0 Å². The van der Waals surface area contributed by atoms with E-state index in [1.165, 1.54) is 0 Å². The fourth-order valence-corrected chi connectivity index (χ4v) is 3.63. The first-order valence-corrected chi connectivity index (χ1v) is 10.7. The summed E-state index contributed by atoms with van der Waals surface area (Å²) >= 11 is 0. The van der Waals surface area contributed by atoms with Gasteiger partial charge in [-0.05, 0) is 45.4 Å². The molecule has 0 amide bonds. The van der Waals surface area contributed by atoms with Crippen molar-refractivity contribution < 1.29 is 4.74 Å². The maximum atomic E-state index is 5.76. The van der Waals surface area contributed by atoms with Crippen LogP contribution in [0.15, 0.2) is 36.9 Å². The molecule has 1 N–H and O–H groups in total. The third-order valence-electron chi connectivity index (χ3n) is 5.38. The number of hydrogen-bond acceptors (Lipinski definition) is 6. The summed E-state index contributed by atoms with van der Waals surface area (Å²) in [5.41, 5.74) is 6.40. The quantitative estimate of drug-likeness (QED) is 0.452. The Morgan fingerprint density at radius 2 is 2.06 bits per heavy atom. The largest absolute Gasteiger partial charge is 0.477 e. The normalized spacial score (nSPS) is 12.3. The molecule has 162 valence electrons. The molecule has 0 aliphatic rings. The fourth-order valence-electron chi connectivity index (χ4n) is 3.63. The van der Waals surface area contributed by atoms with Crippen LogP contribution in [0.25, 0.3) is 22.3 Å². The summed E-state index contributed by atoms with van der Waals surface area (Å²) in [4.78, 5) is 13.8. The maximum Gasteiger partial charge on any atom is 0.222 e. The van der Waals surface area contributed by atoms with Crippen LogP contribution >= 0.6 is 0 Å². The van der Waals surface area contributed by atoms with Crippen LogP contribution in [0.5, 0.6) is 5.88 Å². The molecule has 4 aromatic heterocycles. The van der Waals surface area contributed by atoms with Gasteiger partial charge in [0.25, 0.3) is 0 Å². The Hall–Kier alpha value is -3.42. The van der Waals surface area contributed by atoms with E-state index < -0.39 is 0 Å². The molecule has 8 nitrogen and oxygen atoms in total. The minimum Gasteiger partial charge on any atom is -0.477 e. The fraction of sp³-hybridized carbons (Fsp3) is 0.391. The van der Waals surface area contributed by atoms with E-state index in [2.05, 4.69) is 39.9 Å². The Morgan fingerprint density at radius 3 is 2.77 bits per heavy atom. The Kier molecular flexibility index (Phi) is 5.88. The number of nitrogens with zero attached hydrogens (tertiary/aromatic N) is 6. The van der Waals surface area contributed by atoms with Crippen LogP contribution in [-0.2, 0) is 13.6 Å². The number of rotatable bonds is 8. The summed E-state index contributed by atoms with van der Waals surface area (Å²) in [5, 5.41) is 8.40. The zero-order chi connectivity index (χ0) is 22.0. The zero-order valence-corrected chi connectivity index (χ0v) is 18.8. The van der Waals surface area contributed by atoms with Crippen molar-refractivity contribution in [3.63, 3.8) is 0 Å². The molecule has 0 aliphatic heterocycles. The topological polar surface area (TPSA) is 82.7 Å². The third kappa shape index (κ3) is 4.10. The second-order valence-corrected chi connectivity index (χ2v) is 7.71. The van der Waals surface area contributed by atoms with Crippen LogP contribution < -0.4 is 10.1 Å². The first-order chi connectivity index (χ1) is 15.0. The van der Waals surface area contributed by atoms with Crippen molar-refractivity contribution in [2.75, 3.05) is 11.9 Å². The van der Waals surface area contributed by atoms with E-state index in [0.29, 0.717) is 19.0 Å². The molecule has 0 spiro atoms. The standard InChI is InChI=1S/C23H29N7O/c1-6-15(3)30-22-20(25-12-17-13-29(5)14-26-17)11-19(27-21(22)16(4)28-30)18-9-8-10-24-23(18)31-7-2/h8-11,13-15H,6-7,12H2,1-5H3,(H,25,27)/t15-/m1/s1. The molecule has 0 saturated heterocycles. The van der Waals surface area contributed by atoms with Gasteiger partial charge in [-0.2, -0.15) is 5.10 Å². The summed E-state index contributed by atoms with van der Waals surface area (Å²) in [6, 6.07) is 6.21. The summed E-state index contributed by atoms with van der Waals surface area (Å²) in [6.07, 6.45) is 6.54. The molecule has 0 aliphatic carbocycles. The van der Waals surface area contributed by atoms with Crippen LogP contribution in [0.1, 0.15) is 44.6 Å². The number of imidazole rings is 1. The number of aryl methyl sites for hydroxylation is 2. The van der Waals surface area contributed by atoms with E-state index in [0.717, 1.165) is 45.8 Å². The van der Waals surface area contributed by atoms with Gasteiger partial charge in [-0.1, -0.05) is 6.92 Å². The van der Waals surface area contributed by atoms with Gasteiger partial charge in [0.1, 0.15) is 11.0 Å². The summed E-state index contributed by atoms with van der Waals surface area (Å²) in [7, 11) is 1.97.